The molecule has 0 heterocycles. The minimum Gasteiger partial charge on any atom is -0.465 e. The molecule has 2 aromatic rings. The molecule has 0 bridgehead atoms. The van der Waals surface area contributed by atoms with Crippen molar-refractivity contribution in [3.8, 4) is 0 Å². The number of benzene rings is 2. The van der Waals surface area contributed by atoms with Crippen LogP contribution in [0.25, 0.3) is 0 Å². The number of nitrogens with one attached hydrogen (secondary N) is 1. The smallest absolute Gasteiger partial charge is 0.337 e. The Morgan fingerprint density at radius 3 is 2.20 bits per heavy atom. The molecular weight excluding hydrogens is 256 g/mol. The highest BCUT2D eigenvalue weighted by Crippen LogP contribution is 2.18. The number of nitrogen functional groups attached to an aromatic ring is 1. The molecule has 3 N–H and O–H groups in total. The second-order valence-corrected chi connectivity index (χ2v) is 4.11. The SMILES string of the molecule is COC(=O)c1ccc(C(=O)Nc2ccccc2N)cc1. The average Bonchev–Trinajstić information content (AvgIpc) is 2.49. The summed E-state index contributed by atoms with van der Waals surface area (Å²) in [7, 11) is 1.31. The molecule has 5 nitrogen and oxygen atoms in total. The Kier molecular flexibility index (Phi) is 4.00. The monoisotopic (exact) mass is 270 g/mol. The lowest BCUT2D eigenvalue weighted by Gasteiger charge is -2.08. The molecule has 0 fully saturated rings. The van der Waals surface area contributed by atoms with Crippen LogP contribution in [-0.2, 0) is 4.74 Å². The van der Waals surface area contributed by atoms with E-state index in [4.69, 9.17) is 5.73 Å². The van der Waals surface area contributed by atoms with E-state index in [9.17, 15) is 9.59 Å². The molecule has 0 aromatic heterocycles. The number of para-hydroxylation sites is 2. The third-order valence-corrected chi connectivity index (χ3v) is 2.78. The first-order valence-electron chi connectivity index (χ1n) is 5.96. The summed E-state index contributed by atoms with van der Waals surface area (Å²) in [5.41, 5.74) is 7.62. The van der Waals surface area contributed by atoms with E-state index in [1.54, 1.807) is 36.4 Å². The maximum atomic E-state index is 12.0. The molecule has 5 heteroatoms. The molecule has 0 aliphatic carbocycles. The van der Waals surface area contributed by atoms with Crippen LogP contribution >= 0.6 is 0 Å². The molecular formula is C15H14N2O3. The number of esters is 1. The number of carbonyl (C=O) groups is 2. The van der Waals surface area contributed by atoms with Gasteiger partial charge in [0.05, 0.1) is 24.0 Å². The number of hydrogen-bond acceptors (Lipinski definition) is 4. The van der Waals surface area contributed by atoms with Crippen molar-refractivity contribution in [2.75, 3.05) is 18.2 Å². The average molecular weight is 270 g/mol. The molecule has 0 saturated heterocycles. The fourth-order valence-corrected chi connectivity index (χ4v) is 1.68. The van der Waals surface area contributed by atoms with Crippen LogP contribution < -0.4 is 11.1 Å². The van der Waals surface area contributed by atoms with E-state index >= 15 is 0 Å². The Labute approximate surface area is 116 Å². The molecule has 102 valence electrons. The lowest BCUT2D eigenvalue weighted by Crippen LogP contribution is -2.13. The fourth-order valence-electron chi connectivity index (χ4n) is 1.68. The normalized spacial score (nSPS) is 9.85. The predicted molar refractivity (Wildman–Crippen MR) is 76.6 cm³/mol. The van der Waals surface area contributed by atoms with Gasteiger partial charge in [0.15, 0.2) is 0 Å². The maximum Gasteiger partial charge on any atom is 0.337 e. The number of rotatable bonds is 3. The zero-order chi connectivity index (χ0) is 14.5. The van der Waals surface area contributed by atoms with E-state index in [-0.39, 0.29) is 5.91 Å². The van der Waals surface area contributed by atoms with E-state index in [2.05, 4.69) is 10.1 Å². The Balaban J connectivity index is 2.14. The van der Waals surface area contributed by atoms with Crippen molar-refractivity contribution in [2.45, 2.75) is 0 Å². The fraction of sp³-hybridized carbons (Fsp3) is 0.0667. The third kappa shape index (κ3) is 2.95. The quantitative estimate of drug-likeness (QED) is 0.662. The van der Waals surface area contributed by atoms with Gasteiger partial charge >= 0.3 is 5.97 Å². The van der Waals surface area contributed by atoms with Gasteiger partial charge in [-0.25, -0.2) is 4.79 Å². The molecule has 0 saturated carbocycles. The predicted octanol–water partition coefficient (Wildman–Crippen LogP) is 2.31. The highest BCUT2D eigenvalue weighted by atomic mass is 16.5. The van der Waals surface area contributed by atoms with Gasteiger partial charge in [-0.3, -0.25) is 4.79 Å². The Morgan fingerprint density at radius 2 is 1.60 bits per heavy atom. The van der Waals surface area contributed by atoms with Crippen LogP contribution in [0.2, 0.25) is 0 Å². The van der Waals surface area contributed by atoms with Crippen LogP contribution in [0.3, 0.4) is 0 Å². The summed E-state index contributed by atoms with van der Waals surface area (Å²) in [5.74, 6) is -0.733. The van der Waals surface area contributed by atoms with E-state index in [1.807, 2.05) is 0 Å². The molecule has 0 aliphatic rings. The number of anilines is 2. The number of ether oxygens (including phenoxy) is 1. The van der Waals surface area contributed by atoms with E-state index in [0.717, 1.165) is 0 Å². The highest BCUT2D eigenvalue weighted by Gasteiger charge is 2.10. The standard InChI is InChI=1S/C15H14N2O3/c1-20-15(19)11-8-6-10(7-9-11)14(18)17-13-5-3-2-4-12(13)16/h2-9H,16H2,1H3,(H,17,18). The van der Waals surface area contributed by atoms with Crippen LogP contribution in [0.5, 0.6) is 0 Å². The van der Waals surface area contributed by atoms with Crippen LogP contribution in [0.4, 0.5) is 11.4 Å². The second-order valence-electron chi connectivity index (χ2n) is 4.11. The highest BCUT2D eigenvalue weighted by molar-refractivity contribution is 6.06. The number of nitrogens with two attached hydrogens (primary N) is 1. The van der Waals surface area contributed by atoms with Crippen LogP contribution in [0.1, 0.15) is 20.7 Å². The number of methoxy groups -OCH3 is 1. The van der Waals surface area contributed by atoms with Crippen molar-refractivity contribution in [1.29, 1.82) is 0 Å². The van der Waals surface area contributed by atoms with Gasteiger partial charge in [0, 0.05) is 5.56 Å². The van der Waals surface area contributed by atoms with Crippen molar-refractivity contribution in [1.82, 2.24) is 0 Å². The van der Waals surface area contributed by atoms with Gasteiger partial charge in [0.2, 0.25) is 0 Å². The Bertz CT molecular complexity index is 636. The van der Waals surface area contributed by atoms with E-state index in [0.29, 0.717) is 22.5 Å². The van der Waals surface area contributed by atoms with Gasteiger partial charge in [-0.15, -0.1) is 0 Å². The summed E-state index contributed by atoms with van der Waals surface area (Å²) in [6.07, 6.45) is 0. The van der Waals surface area contributed by atoms with E-state index < -0.39 is 5.97 Å². The molecule has 2 aromatic carbocycles. The van der Waals surface area contributed by atoms with Crippen molar-refractivity contribution in [3.63, 3.8) is 0 Å². The number of carbonyl (C=O) groups excluding carboxylic acids is 2. The molecule has 0 atom stereocenters. The Morgan fingerprint density at radius 1 is 1.00 bits per heavy atom. The summed E-state index contributed by atoms with van der Waals surface area (Å²) in [6, 6.07) is 13.2. The van der Waals surface area contributed by atoms with Crippen LogP contribution in [0.15, 0.2) is 48.5 Å². The minimum atomic E-state index is -0.440. The lowest BCUT2D eigenvalue weighted by molar-refractivity contribution is 0.0600. The molecule has 20 heavy (non-hydrogen) atoms. The van der Waals surface area contributed by atoms with Crippen molar-refractivity contribution in [2.24, 2.45) is 0 Å². The first-order chi connectivity index (χ1) is 9.61. The Hall–Kier alpha value is -2.82. The largest absolute Gasteiger partial charge is 0.465 e. The van der Waals surface area contributed by atoms with E-state index in [1.165, 1.54) is 19.2 Å². The second kappa shape index (κ2) is 5.88. The molecule has 2 rings (SSSR count). The van der Waals surface area contributed by atoms with Crippen LogP contribution in [0, 0.1) is 0 Å². The van der Waals surface area contributed by atoms with Gasteiger partial charge < -0.3 is 15.8 Å². The summed E-state index contributed by atoms with van der Waals surface area (Å²) in [5, 5.41) is 2.71. The van der Waals surface area contributed by atoms with Crippen molar-refractivity contribution < 1.29 is 14.3 Å². The topological polar surface area (TPSA) is 81.4 Å². The molecule has 1 amide bonds. The maximum absolute atomic E-state index is 12.0. The summed E-state index contributed by atoms with van der Waals surface area (Å²) >= 11 is 0. The van der Waals surface area contributed by atoms with Gasteiger partial charge in [0.1, 0.15) is 0 Å². The summed E-state index contributed by atoms with van der Waals surface area (Å²) in [4.78, 5) is 23.3. The molecule has 0 radical (unpaired) electrons. The number of hydrogen-bond donors (Lipinski definition) is 2. The van der Waals surface area contributed by atoms with Crippen molar-refractivity contribution in [3.05, 3.63) is 59.7 Å². The van der Waals surface area contributed by atoms with Gasteiger partial charge in [0.25, 0.3) is 5.91 Å². The molecule has 0 unspecified atom stereocenters. The zero-order valence-corrected chi connectivity index (χ0v) is 10.9. The number of amides is 1. The first kappa shape index (κ1) is 13.6. The molecule has 0 aliphatic heterocycles. The molecule has 0 spiro atoms. The third-order valence-electron chi connectivity index (χ3n) is 2.78. The van der Waals surface area contributed by atoms with Gasteiger partial charge in [-0.2, -0.15) is 0 Å². The summed E-state index contributed by atoms with van der Waals surface area (Å²) in [6.45, 7) is 0. The minimum absolute atomic E-state index is 0.292. The van der Waals surface area contributed by atoms with Crippen LogP contribution in [-0.4, -0.2) is 19.0 Å². The summed E-state index contributed by atoms with van der Waals surface area (Å²) < 4.78 is 4.59. The zero-order valence-electron chi connectivity index (χ0n) is 10.9. The first-order valence-corrected chi connectivity index (χ1v) is 5.96. The lowest BCUT2D eigenvalue weighted by atomic mass is 10.1. The van der Waals surface area contributed by atoms with Gasteiger partial charge in [-0.1, -0.05) is 12.1 Å². The van der Waals surface area contributed by atoms with Crippen molar-refractivity contribution >= 4 is 23.3 Å². The van der Waals surface area contributed by atoms with Gasteiger partial charge in [-0.05, 0) is 36.4 Å².